The molecule has 3 aliphatic heterocycles. The molecule has 0 spiro atoms. The molecule has 2 fully saturated rings. The third-order valence-corrected chi connectivity index (χ3v) is 7.00. The molecule has 3 heterocycles. The molecule has 3 aliphatic rings. The van der Waals surface area contributed by atoms with Crippen molar-refractivity contribution in [1.82, 2.24) is 9.80 Å². The fraction of sp³-hybridized carbons (Fsp3) is 0.500. The van der Waals surface area contributed by atoms with E-state index in [2.05, 4.69) is 51.2 Å². The molecule has 0 radical (unpaired) electrons. The first-order valence-electron chi connectivity index (χ1n) is 12.2. The highest BCUT2D eigenvalue weighted by atomic mass is 16.6. The van der Waals surface area contributed by atoms with E-state index in [1.807, 2.05) is 18.2 Å². The molecule has 1 N–H and O–H groups in total. The van der Waals surface area contributed by atoms with Gasteiger partial charge in [-0.15, -0.1) is 0 Å². The lowest BCUT2D eigenvalue weighted by atomic mass is 10.0. The predicted molar refractivity (Wildman–Crippen MR) is 130 cm³/mol. The Morgan fingerprint density at radius 2 is 1.73 bits per heavy atom. The van der Waals surface area contributed by atoms with E-state index in [4.69, 9.17) is 9.47 Å². The standard InChI is InChI=1S/C26H34N4O3/c1-2-28-12-14-29(15-13-28)22-8-6-21(7-9-22)27-26(31)19-30-11-3-4-23(30)20-5-10-24-25(18-20)33-17-16-32-24/h5-10,18,23H,2-4,11-17,19H2,1H3,(H,27,31)/t23-/m0/s1. The highest BCUT2D eigenvalue weighted by Gasteiger charge is 2.29. The van der Waals surface area contributed by atoms with Crippen molar-refractivity contribution in [2.45, 2.75) is 25.8 Å². The topological polar surface area (TPSA) is 57.3 Å². The first-order valence-corrected chi connectivity index (χ1v) is 12.2. The number of nitrogens with one attached hydrogen (secondary N) is 1. The summed E-state index contributed by atoms with van der Waals surface area (Å²) in [5.74, 6) is 1.65. The maximum Gasteiger partial charge on any atom is 0.238 e. The number of amides is 1. The van der Waals surface area contributed by atoms with Crippen LogP contribution in [0, 0.1) is 0 Å². The number of nitrogens with zero attached hydrogens (tertiary/aromatic N) is 3. The lowest BCUT2D eigenvalue weighted by Gasteiger charge is -2.35. The molecule has 2 aromatic carbocycles. The van der Waals surface area contributed by atoms with Crippen LogP contribution in [0.15, 0.2) is 42.5 Å². The molecule has 1 amide bonds. The van der Waals surface area contributed by atoms with Crippen LogP contribution in [0.2, 0.25) is 0 Å². The van der Waals surface area contributed by atoms with E-state index in [0.717, 1.165) is 69.3 Å². The van der Waals surface area contributed by atoms with Crippen LogP contribution in [0.3, 0.4) is 0 Å². The average Bonchev–Trinajstić information content (AvgIpc) is 3.32. The zero-order chi connectivity index (χ0) is 22.6. The van der Waals surface area contributed by atoms with Gasteiger partial charge in [-0.05, 0) is 67.9 Å². The maximum atomic E-state index is 12.8. The number of anilines is 2. The number of ether oxygens (including phenoxy) is 2. The van der Waals surface area contributed by atoms with Gasteiger partial charge in [0.25, 0.3) is 0 Å². The molecular formula is C26H34N4O3. The van der Waals surface area contributed by atoms with Crippen molar-refractivity contribution in [3.63, 3.8) is 0 Å². The number of benzene rings is 2. The number of hydrogen-bond acceptors (Lipinski definition) is 6. The van der Waals surface area contributed by atoms with Crippen molar-refractivity contribution in [3.05, 3.63) is 48.0 Å². The van der Waals surface area contributed by atoms with E-state index in [9.17, 15) is 4.79 Å². The first-order chi connectivity index (χ1) is 16.2. The molecule has 0 aromatic heterocycles. The molecule has 0 saturated carbocycles. The van der Waals surface area contributed by atoms with Gasteiger partial charge in [-0.2, -0.15) is 0 Å². The quantitative estimate of drug-likeness (QED) is 0.728. The molecule has 33 heavy (non-hydrogen) atoms. The average molecular weight is 451 g/mol. The Balaban J connectivity index is 1.17. The van der Waals surface area contributed by atoms with Gasteiger partial charge in [0.1, 0.15) is 13.2 Å². The first kappa shape index (κ1) is 22.0. The lowest BCUT2D eigenvalue weighted by molar-refractivity contribution is -0.117. The van der Waals surface area contributed by atoms with Crippen LogP contribution in [0.25, 0.3) is 0 Å². The molecule has 7 heteroatoms. The maximum absolute atomic E-state index is 12.8. The smallest absolute Gasteiger partial charge is 0.238 e. The minimum atomic E-state index is 0.0313. The Morgan fingerprint density at radius 1 is 0.970 bits per heavy atom. The van der Waals surface area contributed by atoms with Gasteiger partial charge in [0, 0.05) is 43.6 Å². The Morgan fingerprint density at radius 3 is 2.48 bits per heavy atom. The highest BCUT2D eigenvalue weighted by Crippen LogP contribution is 2.38. The number of rotatable bonds is 6. The van der Waals surface area contributed by atoms with Crippen LogP contribution in [-0.2, 0) is 4.79 Å². The zero-order valence-corrected chi connectivity index (χ0v) is 19.5. The van der Waals surface area contributed by atoms with E-state index >= 15 is 0 Å². The van der Waals surface area contributed by atoms with E-state index in [1.165, 1.54) is 11.3 Å². The molecule has 2 aromatic rings. The molecule has 0 aliphatic carbocycles. The molecule has 0 bridgehead atoms. The largest absolute Gasteiger partial charge is 0.486 e. The zero-order valence-electron chi connectivity index (χ0n) is 19.5. The Hall–Kier alpha value is -2.77. The summed E-state index contributed by atoms with van der Waals surface area (Å²) in [7, 11) is 0. The van der Waals surface area contributed by atoms with Crippen molar-refractivity contribution in [2.24, 2.45) is 0 Å². The Labute approximate surface area is 196 Å². The summed E-state index contributed by atoms with van der Waals surface area (Å²) in [5, 5.41) is 3.09. The number of carbonyl (C=O) groups is 1. The number of hydrogen-bond donors (Lipinski definition) is 1. The Bertz CT molecular complexity index is 957. The van der Waals surface area contributed by atoms with Gasteiger partial charge in [-0.25, -0.2) is 0 Å². The highest BCUT2D eigenvalue weighted by molar-refractivity contribution is 5.92. The van der Waals surface area contributed by atoms with E-state index in [-0.39, 0.29) is 11.9 Å². The number of piperazine rings is 1. The second-order valence-corrected chi connectivity index (χ2v) is 9.05. The molecule has 5 rings (SSSR count). The van der Waals surface area contributed by atoms with Gasteiger partial charge in [0.05, 0.1) is 6.54 Å². The third kappa shape index (κ3) is 5.09. The van der Waals surface area contributed by atoms with Crippen LogP contribution in [0.5, 0.6) is 11.5 Å². The lowest BCUT2D eigenvalue weighted by Crippen LogP contribution is -2.46. The summed E-state index contributed by atoms with van der Waals surface area (Å²) in [6.07, 6.45) is 2.14. The summed E-state index contributed by atoms with van der Waals surface area (Å²) >= 11 is 0. The number of likely N-dealkylation sites (tertiary alicyclic amines) is 1. The summed E-state index contributed by atoms with van der Waals surface area (Å²) < 4.78 is 11.4. The molecule has 7 nitrogen and oxygen atoms in total. The molecule has 1 atom stereocenters. The van der Waals surface area contributed by atoms with E-state index < -0.39 is 0 Å². The van der Waals surface area contributed by atoms with Crippen LogP contribution in [0.1, 0.15) is 31.4 Å². The SMILES string of the molecule is CCN1CCN(c2ccc(NC(=O)CN3CCC[C@H]3c3ccc4c(c3)OCCO4)cc2)CC1. The van der Waals surface area contributed by atoms with Crippen LogP contribution < -0.4 is 19.7 Å². The number of likely N-dealkylation sites (N-methyl/N-ethyl adjacent to an activating group) is 1. The van der Waals surface area contributed by atoms with E-state index in [0.29, 0.717) is 19.8 Å². The van der Waals surface area contributed by atoms with Crippen molar-refractivity contribution in [3.8, 4) is 11.5 Å². The van der Waals surface area contributed by atoms with Crippen molar-refractivity contribution in [1.29, 1.82) is 0 Å². The molecular weight excluding hydrogens is 416 g/mol. The minimum Gasteiger partial charge on any atom is -0.486 e. The normalized spacial score (nSPS) is 21.2. The summed E-state index contributed by atoms with van der Waals surface area (Å²) in [4.78, 5) is 20.0. The second-order valence-electron chi connectivity index (χ2n) is 9.05. The monoisotopic (exact) mass is 450 g/mol. The van der Waals surface area contributed by atoms with Gasteiger partial charge in [0.15, 0.2) is 11.5 Å². The van der Waals surface area contributed by atoms with E-state index in [1.54, 1.807) is 0 Å². The number of carbonyl (C=O) groups excluding carboxylic acids is 1. The molecule has 2 saturated heterocycles. The fourth-order valence-corrected chi connectivity index (χ4v) is 5.12. The Kier molecular flexibility index (Phi) is 6.69. The summed E-state index contributed by atoms with van der Waals surface area (Å²) in [6, 6.07) is 14.7. The van der Waals surface area contributed by atoms with Crippen molar-refractivity contribution in [2.75, 3.05) is 69.2 Å². The van der Waals surface area contributed by atoms with Crippen LogP contribution in [0.4, 0.5) is 11.4 Å². The molecule has 176 valence electrons. The second kappa shape index (κ2) is 10.0. The molecule has 0 unspecified atom stereocenters. The van der Waals surface area contributed by atoms with Crippen LogP contribution in [-0.4, -0.2) is 74.7 Å². The summed E-state index contributed by atoms with van der Waals surface area (Å²) in [5.41, 5.74) is 3.27. The van der Waals surface area contributed by atoms with Crippen molar-refractivity contribution >= 4 is 17.3 Å². The van der Waals surface area contributed by atoms with Gasteiger partial charge in [-0.1, -0.05) is 13.0 Å². The predicted octanol–water partition coefficient (Wildman–Crippen LogP) is 3.38. The van der Waals surface area contributed by atoms with Gasteiger partial charge in [-0.3, -0.25) is 9.69 Å². The minimum absolute atomic E-state index is 0.0313. The summed E-state index contributed by atoms with van der Waals surface area (Å²) in [6.45, 7) is 10.1. The fourth-order valence-electron chi connectivity index (χ4n) is 5.12. The van der Waals surface area contributed by atoms with Gasteiger partial charge in [0.2, 0.25) is 5.91 Å². The van der Waals surface area contributed by atoms with Gasteiger partial charge >= 0.3 is 0 Å². The van der Waals surface area contributed by atoms with Crippen molar-refractivity contribution < 1.29 is 14.3 Å². The third-order valence-electron chi connectivity index (χ3n) is 7.00. The van der Waals surface area contributed by atoms with Crippen LogP contribution >= 0.6 is 0 Å². The van der Waals surface area contributed by atoms with Gasteiger partial charge < -0.3 is 24.6 Å². The number of fused-ring (bicyclic) bond motifs is 1.